The normalized spacial score (nSPS) is 20.0. The summed E-state index contributed by atoms with van der Waals surface area (Å²) in [5.41, 5.74) is 6.63. The summed E-state index contributed by atoms with van der Waals surface area (Å²) in [4.78, 5) is 0. The van der Waals surface area contributed by atoms with E-state index in [0.29, 0.717) is 23.6 Å². The van der Waals surface area contributed by atoms with Gasteiger partial charge in [-0.1, -0.05) is 43.4 Å². The average Bonchev–Trinajstić information content (AvgIpc) is 2.70. The highest BCUT2D eigenvalue weighted by Crippen LogP contribution is 2.35. The lowest BCUT2D eigenvalue weighted by atomic mass is 9.83. The van der Waals surface area contributed by atoms with Gasteiger partial charge in [0.2, 0.25) is 0 Å². The molecule has 0 radical (unpaired) electrons. The van der Waals surface area contributed by atoms with Crippen LogP contribution in [0.5, 0.6) is 0 Å². The fraction of sp³-hybridized carbons (Fsp3) is 0.647. The minimum absolute atomic E-state index is 0.232. The molecule has 1 aliphatic carbocycles. The summed E-state index contributed by atoms with van der Waals surface area (Å²) in [6.07, 6.45) is 7.02. The van der Waals surface area contributed by atoms with Crippen LogP contribution >= 0.6 is 11.6 Å². The molecule has 1 atom stereocenters. The van der Waals surface area contributed by atoms with Crippen LogP contribution in [0.3, 0.4) is 0 Å². The minimum Gasteiger partial charge on any atom is -0.374 e. The number of benzene rings is 1. The van der Waals surface area contributed by atoms with Gasteiger partial charge in [-0.2, -0.15) is 0 Å². The number of rotatable bonds is 5. The number of hydrogen-bond acceptors (Lipinski definition) is 2. The van der Waals surface area contributed by atoms with Crippen molar-refractivity contribution in [1.82, 2.24) is 0 Å². The highest BCUT2D eigenvalue weighted by Gasteiger charge is 2.38. The van der Waals surface area contributed by atoms with Gasteiger partial charge >= 0.3 is 0 Å². The van der Waals surface area contributed by atoms with Crippen LogP contribution in [-0.4, -0.2) is 18.2 Å². The predicted molar refractivity (Wildman–Crippen MR) is 85.1 cm³/mol. The van der Waals surface area contributed by atoms with Gasteiger partial charge in [-0.3, -0.25) is 0 Å². The van der Waals surface area contributed by atoms with Gasteiger partial charge in [-0.15, -0.1) is 0 Å². The molecule has 1 aliphatic rings. The zero-order chi connectivity index (χ0) is 15.3. The van der Waals surface area contributed by atoms with Crippen molar-refractivity contribution >= 4 is 11.6 Å². The first-order chi connectivity index (χ1) is 10.1. The van der Waals surface area contributed by atoms with Crippen molar-refractivity contribution in [3.05, 3.63) is 34.6 Å². The molecule has 0 aromatic heterocycles. The van der Waals surface area contributed by atoms with E-state index >= 15 is 0 Å². The molecule has 21 heavy (non-hydrogen) atoms. The quantitative estimate of drug-likeness (QED) is 0.813. The van der Waals surface area contributed by atoms with Gasteiger partial charge < -0.3 is 10.5 Å². The molecular formula is C17H25ClFNO. The zero-order valence-electron chi connectivity index (χ0n) is 12.7. The molecule has 1 unspecified atom stereocenters. The van der Waals surface area contributed by atoms with Crippen LogP contribution < -0.4 is 5.73 Å². The van der Waals surface area contributed by atoms with Gasteiger partial charge in [0.05, 0.1) is 5.60 Å². The number of nitrogens with two attached hydrogens (primary N) is 1. The SMILES string of the molecule is CCOC1(C(N)Cc2c(F)cccc2Cl)CCCCCC1. The van der Waals surface area contributed by atoms with E-state index in [4.69, 9.17) is 22.1 Å². The van der Waals surface area contributed by atoms with Crippen LogP contribution in [0.2, 0.25) is 5.02 Å². The molecule has 0 spiro atoms. The Hall–Kier alpha value is -0.640. The van der Waals surface area contributed by atoms with Gasteiger partial charge in [-0.05, 0) is 38.3 Å². The summed E-state index contributed by atoms with van der Waals surface area (Å²) in [5, 5.41) is 0.450. The Morgan fingerprint density at radius 3 is 2.52 bits per heavy atom. The zero-order valence-corrected chi connectivity index (χ0v) is 13.5. The summed E-state index contributed by atoms with van der Waals surface area (Å²) < 4.78 is 20.1. The van der Waals surface area contributed by atoms with Gasteiger partial charge in [0.25, 0.3) is 0 Å². The maximum absolute atomic E-state index is 14.0. The molecule has 0 aliphatic heterocycles. The van der Waals surface area contributed by atoms with E-state index in [1.807, 2.05) is 6.92 Å². The first-order valence-electron chi connectivity index (χ1n) is 7.91. The Kier molecular flexibility index (Phi) is 6.03. The molecule has 1 aromatic carbocycles. The fourth-order valence-electron chi connectivity index (χ4n) is 3.37. The third-order valence-corrected chi connectivity index (χ3v) is 4.90. The standard InChI is InChI=1S/C17H25ClFNO/c1-2-21-17(10-5-3-4-6-11-17)16(20)12-13-14(18)8-7-9-15(13)19/h7-9,16H,2-6,10-12,20H2,1H3. The maximum atomic E-state index is 14.0. The highest BCUT2D eigenvalue weighted by molar-refractivity contribution is 6.31. The molecule has 1 saturated carbocycles. The fourth-order valence-corrected chi connectivity index (χ4v) is 3.61. The summed E-state index contributed by atoms with van der Waals surface area (Å²) in [7, 11) is 0. The first kappa shape index (κ1) is 16.7. The van der Waals surface area contributed by atoms with E-state index in [0.717, 1.165) is 25.7 Å². The summed E-state index contributed by atoms with van der Waals surface area (Å²) in [6, 6.07) is 4.54. The molecule has 2 N–H and O–H groups in total. The third-order valence-electron chi connectivity index (χ3n) is 4.54. The molecule has 2 nitrogen and oxygen atoms in total. The van der Waals surface area contributed by atoms with Crippen molar-refractivity contribution in [2.24, 2.45) is 5.73 Å². The Balaban J connectivity index is 2.20. The van der Waals surface area contributed by atoms with Crippen molar-refractivity contribution in [2.75, 3.05) is 6.61 Å². The second-order valence-electron chi connectivity index (χ2n) is 5.92. The van der Waals surface area contributed by atoms with Crippen molar-refractivity contribution in [3.8, 4) is 0 Å². The molecule has 0 bridgehead atoms. The van der Waals surface area contributed by atoms with E-state index in [1.54, 1.807) is 12.1 Å². The van der Waals surface area contributed by atoms with E-state index in [2.05, 4.69) is 0 Å². The first-order valence-corrected chi connectivity index (χ1v) is 8.29. The molecule has 1 fully saturated rings. The van der Waals surface area contributed by atoms with E-state index in [-0.39, 0.29) is 17.5 Å². The largest absolute Gasteiger partial charge is 0.374 e. The smallest absolute Gasteiger partial charge is 0.127 e. The van der Waals surface area contributed by atoms with Crippen LogP contribution in [-0.2, 0) is 11.2 Å². The van der Waals surface area contributed by atoms with Crippen LogP contribution in [0.1, 0.15) is 51.0 Å². The monoisotopic (exact) mass is 313 g/mol. The van der Waals surface area contributed by atoms with Crippen molar-refractivity contribution < 1.29 is 9.13 Å². The van der Waals surface area contributed by atoms with Crippen LogP contribution in [0.25, 0.3) is 0 Å². The predicted octanol–water partition coefficient (Wildman–Crippen LogP) is 4.48. The van der Waals surface area contributed by atoms with Crippen molar-refractivity contribution in [1.29, 1.82) is 0 Å². The van der Waals surface area contributed by atoms with Crippen LogP contribution in [0.15, 0.2) is 18.2 Å². The summed E-state index contributed by atoms with van der Waals surface area (Å²) >= 11 is 6.13. The molecule has 118 valence electrons. The highest BCUT2D eigenvalue weighted by atomic mass is 35.5. The number of hydrogen-bond donors (Lipinski definition) is 1. The second-order valence-corrected chi connectivity index (χ2v) is 6.33. The molecular weight excluding hydrogens is 289 g/mol. The summed E-state index contributed by atoms with van der Waals surface area (Å²) in [5.74, 6) is -0.279. The van der Waals surface area contributed by atoms with Crippen molar-refractivity contribution in [2.45, 2.75) is 63.5 Å². The summed E-state index contributed by atoms with van der Waals surface area (Å²) in [6.45, 7) is 2.63. The van der Waals surface area contributed by atoms with Crippen LogP contribution in [0.4, 0.5) is 4.39 Å². The van der Waals surface area contributed by atoms with Crippen molar-refractivity contribution in [3.63, 3.8) is 0 Å². The van der Waals surface area contributed by atoms with E-state index in [1.165, 1.54) is 18.9 Å². The lowest BCUT2D eigenvalue weighted by Crippen LogP contribution is -2.51. The van der Waals surface area contributed by atoms with Gasteiger partial charge in [0.15, 0.2) is 0 Å². The maximum Gasteiger partial charge on any atom is 0.127 e. The average molecular weight is 314 g/mol. The van der Waals surface area contributed by atoms with E-state index < -0.39 is 0 Å². The number of halogens is 2. The Morgan fingerprint density at radius 1 is 1.29 bits per heavy atom. The van der Waals surface area contributed by atoms with Gasteiger partial charge in [-0.25, -0.2) is 4.39 Å². The third kappa shape index (κ3) is 3.97. The van der Waals surface area contributed by atoms with Gasteiger partial charge in [0.1, 0.15) is 5.82 Å². The van der Waals surface area contributed by atoms with Gasteiger partial charge in [0, 0.05) is 23.2 Å². The lowest BCUT2D eigenvalue weighted by Gasteiger charge is -2.38. The minimum atomic E-state index is -0.336. The molecule has 0 saturated heterocycles. The Bertz CT molecular complexity index is 438. The van der Waals surface area contributed by atoms with Crippen LogP contribution in [0, 0.1) is 5.82 Å². The molecule has 2 rings (SSSR count). The molecule has 4 heteroatoms. The van der Waals surface area contributed by atoms with E-state index in [9.17, 15) is 4.39 Å². The molecule has 0 amide bonds. The molecule has 0 heterocycles. The lowest BCUT2D eigenvalue weighted by molar-refractivity contribution is -0.0684. The Labute approximate surface area is 131 Å². The Morgan fingerprint density at radius 2 is 1.95 bits per heavy atom. The number of ether oxygens (including phenoxy) is 1. The molecule has 1 aromatic rings. The topological polar surface area (TPSA) is 35.2 Å². The second kappa shape index (κ2) is 7.57.